The third-order valence-electron chi connectivity index (χ3n) is 7.62. The SMILES string of the molecule is COCCNCC1(CC2CC3CCC2C3)CC2CCC1C2. The van der Waals surface area contributed by atoms with Crippen LogP contribution in [0.5, 0.6) is 0 Å². The van der Waals surface area contributed by atoms with Crippen LogP contribution in [0.25, 0.3) is 0 Å². The van der Waals surface area contributed by atoms with Gasteiger partial charge in [-0.3, -0.25) is 0 Å². The van der Waals surface area contributed by atoms with Gasteiger partial charge in [-0.25, -0.2) is 0 Å². The van der Waals surface area contributed by atoms with E-state index >= 15 is 0 Å². The molecule has 4 fully saturated rings. The fourth-order valence-corrected chi connectivity index (χ4v) is 6.76. The maximum Gasteiger partial charge on any atom is 0.0587 e. The molecule has 6 atom stereocenters. The van der Waals surface area contributed by atoms with Crippen LogP contribution >= 0.6 is 0 Å². The van der Waals surface area contributed by atoms with E-state index in [9.17, 15) is 0 Å². The average Bonchev–Trinajstić information content (AvgIpc) is 3.23. The summed E-state index contributed by atoms with van der Waals surface area (Å²) in [6.45, 7) is 3.16. The van der Waals surface area contributed by atoms with Gasteiger partial charge >= 0.3 is 0 Å². The highest BCUT2D eigenvalue weighted by atomic mass is 16.5. The Morgan fingerprint density at radius 2 is 1.95 bits per heavy atom. The predicted octanol–water partition coefficient (Wildman–Crippen LogP) is 3.86. The minimum absolute atomic E-state index is 0.659. The third-order valence-corrected chi connectivity index (χ3v) is 7.62. The van der Waals surface area contributed by atoms with Gasteiger partial charge in [-0.2, -0.15) is 0 Å². The first-order valence-corrected chi connectivity index (χ1v) is 9.49. The van der Waals surface area contributed by atoms with Gasteiger partial charge < -0.3 is 10.1 Å². The summed E-state index contributed by atoms with van der Waals surface area (Å²) >= 11 is 0. The van der Waals surface area contributed by atoms with Crippen LogP contribution in [-0.2, 0) is 4.74 Å². The normalized spacial score (nSPS) is 47.6. The van der Waals surface area contributed by atoms with Crippen molar-refractivity contribution < 1.29 is 4.74 Å². The molecule has 0 aliphatic heterocycles. The Morgan fingerprint density at radius 1 is 1.05 bits per heavy atom. The largest absolute Gasteiger partial charge is 0.383 e. The standard InChI is InChI=1S/C19H33NO/c1-21-7-6-20-13-19(11-15-3-5-18(19)10-15)12-17-9-14-2-4-16(17)8-14/h14-18,20H,2-13H2,1H3. The average molecular weight is 291 g/mol. The molecule has 2 heteroatoms. The zero-order valence-corrected chi connectivity index (χ0v) is 13.8. The lowest BCUT2D eigenvalue weighted by molar-refractivity contribution is 0.0933. The van der Waals surface area contributed by atoms with E-state index in [1.165, 1.54) is 25.8 Å². The summed E-state index contributed by atoms with van der Waals surface area (Å²) in [5.74, 6) is 5.39. The van der Waals surface area contributed by atoms with Crippen molar-refractivity contribution in [1.82, 2.24) is 5.32 Å². The van der Waals surface area contributed by atoms with E-state index in [0.29, 0.717) is 5.41 Å². The summed E-state index contributed by atoms with van der Waals surface area (Å²) < 4.78 is 5.21. The highest BCUT2D eigenvalue weighted by Gasteiger charge is 2.53. The molecular weight excluding hydrogens is 258 g/mol. The van der Waals surface area contributed by atoms with Crippen molar-refractivity contribution in [3.63, 3.8) is 0 Å². The Labute approximate surface area is 130 Å². The van der Waals surface area contributed by atoms with Gasteiger partial charge in [0.1, 0.15) is 0 Å². The lowest BCUT2D eigenvalue weighted by Crippen LogP contribution is -2.41. The second kappa shape index (κ2) is 5.85. The molecule has 0 heterocycles. The number of rotatable bonds is 7. The minimum Gasteiger partial charge on any atom is -0.383 e. The second-order valence-corrected chi connectivity index (χ2v) is 8.75. The molecule has 0 spiro atoms. The summed E-state index contributed by atoms with van der Waals surface area (Å²) in [7, 11) is 1.81. The first kappa shape index (κ1) is 14.5. The van der Waals surface area contributed by atoms with Gasteiger partial charge in [0.05, 0.1) is 6.61 Å². The number of nitrogens with one attached hydrogen (secondary N) is 1. The quantitative estimate of drug-likeness (QED) is 0.719. The van der Waals surface area contributed by atoms with E-state index in [0.717, 1.165) is 42.7 Å². The number of methoxy groups -OCH3 is 1. The molecule has 0 amide bonds. The molecule has 0 aromatic carbocycles. The van der Waals surface area contributed by atoms with Gasteiger partial charge in [-0.15, -0.1) is 0 Å². The lowest BCUT2D eigenvalue weighted by atomic mass is 9.65. The first-order valence-electron chi connectivity index (χ1n) is 9.49. The van der Waals surface area contributed by atoms with Crippen LogP contribution in [0.1, 0.15) is 57.8 Å². The Bertz CT molecular complexity index is 371. The molecule has 21 heavy (non-hydrogen) atoms. The van der Waals surface area contributed by atoms with E-state index in [-0.39, 0.29) is 0 Å². The zero-order valence-electron chi connectivity index (χ0n) is 13.8. The van der Waals surface area contributed by atoms with Crippen molar-refractivity contribution in [1.29, 1.82) is 0 Å². The zero-order chi connectivity index (χ0) is 14.3. The molecule has 6 unspecified atom stereocenters. The molecule has 4 saturated carbocycles. The van der Waals surface area contributed by atoms with Crippen LogP contribution in [0, 0.1) is 35.0 Å². The van der Waals surface area contributed by atoms with E-state index in [2.05, 4.69) is 5.32 Å². The molecule has 4 rings (SSSR count). The van der Waals surface area contributed by atoms with Crippen LogP contribution < -0.4 is 5.32 Å². The summed E-state index contributed by atoms with van der Waals surface area (Å²) in [6, 6.07) is 0. The molecule has 2 nitrogen and oxygen atoms in total. The Balaban J connectivity index is 1.40. The summed E-state index contributed by atoms with van der Waals surface area (Å²) in [4.78, 5) is 0. The van der Waals surface area contributed by atoms with Crippen molar-refractivity contribution in [2.45, 2.75) is 57.8 Å². The van der Waals surface area contributed by atoms with Crippen LogP contribution in [-0.4, -0.2) is 26.8 Å². The van der Waals surface area contributed by atoms with Crippen LogP contribution in [0.15, 0.2) is 0 Å². The molecule has 0 aromatic heterocycles. The van der Waals surface area contributed by atoms with Crippen LogP contribution in [0.4, 0.5) is 0 Å². The molecule has 120 valence electrons. The van der Waals surface area contributed by atoms with Gasteiger partial charge in [0, 0.05) is 20.2 Å². The van der Waals surface area contributed by atoms with Crippen LogP contribution in [0.2, 0.25) is 0 Å². The maximum atomic E-state index is 5.21. The topological polar surface area (TPSA) is 21.3 Å². The number of hydrogen-bond donors (Lipinski definition) is 1. The van der Waals surface area contributed by atoms with Gasteiger partial charge in [0.2, 0.25) is 0 Å². The maximum absolute atomic E-state index is 5.21. The van der Waals surface area contributed by atoms with E-state index in [1.807, 2.05) is 7.11 Å². The fourth-order valence-electron chi connectivity index (χ4n) is 6.76. The smallest absolute Gasteiger partial charge is 0.0587 e. The van der Waals surface area contributed by atoms with E-state index < -0.39 is 0 Å². The van der Waals surface area contributed by atoms with Gasteiger partial charge in [0.15, 0.2) is 0 Å². The van der Waals surface area contributed by atoms with Crippen LogP contribution in [0.3, 0.4) is 0 Å². The highest BCUT2D eigenvalue weighted by Crippen LogP contribution is 2.61. The molecule has 4 aliphatic rings. The predicted molar refractivity (Wildman–Crippen MR) is 86.2 cm³/mol. The lowest BCUT2D eigenvalue weighted by Gasteiger charge is -2.42. The Hall–Kier alpha value is -0.0800. The molecule has 0 radical (unpaired) electrons. The summed E-state index contributed by atoms with van der Waals surface area (Å²) in [5.41, 5.74) is 0.659. The minimum atomic E-state index is 0.659. The number of ether oxygens (including phenoxy) is 1. The van der Waals surface area contributed by atoms with E-state index in [1.54, 1.807) is 38.5 Å². The van der Waals surface area contributed by atoms with E-state index in [4.69, 9.17) is 4.74 Å². The molecular formula is C19H33NO. The Morgan fingerprint density at radius 3 is 2.57 bits per heavy atom. The summed E-state index contributed by atoms with van der Waals surface area (Å²) in [6.07, 6.45) is 13.9. The summed E-state index contributed by atoms with van der Waals surface area (Å²) in [5, 5.41) is 3.75. The number of fused-ring (bicyclic) bond motifs is 4. The van der Waals surface area contributed by atoms with Crippen molar-refractivity contribution >= 4 is 0 Å². The molecule has 1 N–H and O–H groups in total. The first-order chi connectivity index (χ1) is 10.3. The Kier molecular flexibility index (Phi) is 4.04. The van der Waals surface area contributed by atoms with Gasteiger partial charge in [-0.05, 0) is 80.0 Å². The van der Waals surface area contributed by atoms with Crippen molar-refractivity contribution in [3.8, 4) is 0 Å². The van der Waals surface area contributed by atoms with Crippen molar-refractivity contribution in [3.05, 3.63) is 0 Å². The molecule has 4 bridgehead atoms. The van der Waals surface area contributed by atoms with Crippen molar-refractivity contribution in [2.75, 3.05) is 26.8 Å². The van der Waals surface area contributed by atoms with Crippen molar-refractivity contribution in [2.24, 2.45) is 35.0 Å². The second-order valence-electron chi connectivity index (χ2n) is 8.75. The monoisotopic (exact) mass is 291 g/mol. The molecule has 0 aromatic rings. The number of hydrogen-bond acceptors (Lipinski definition) is 2. The molecule has 0 saturated heterocycles. The highest BCUT2D eigenvalue weighted by molar-refractivity contribution is 5.04. The van der Waals surface area contributed by atoms with Gasteiger partial charge in [0.25, 0.3) is 0 Å². The third kappa shape index (κ3) is 2.67. The molecule has 4 aliphatic carbocycles. The van der Waals surface area contributed by atoms with Gasteiger partial charge in [-0.1, -0.05) is 12.8 Å². The fraction of sp³-hybridized carbons (Fsp3) is 1.00.